The highest BCUT2D eigenvalue weighted by molar-refractivity contribution is 6.04. The predicted octanol–water partition coefficient (Wildman–Crippen LogP) is 4.36. The third-order valence-corrected chi connectivity index (χ3v) is 8.33. The molecule has 3 atom stereocenters. The standard InChI is InChI=1S/C32H49N3O6/c1-6-39-16-15-34-27-18-26(13-14-29(27)41-32(4,5)31(34)38)35(25-11-12-25)30(37)24-17-23(19-33-20-24)28(36)10-8-9-22(3)21-40-7-2/h13-14,18,22-25,33H,6-12,15-17,19-21H2,1-5H3/t22-,23-,24+/m0/s1. The molecule has 0 spiro atoms. The summed E-state index contributed by atoms with van der Waals surface area (Å²) in [5.74, 6) is 0.812. The van der Waals surface area contributed by atoms with Crippen LogP contribution in [0, 0.1) is 17.8 Å². The fraction of sp³-hybridized carbons (Fsp3) is 0.719. The Labute approximate surface area is 245 Å². The van der Waals surface area contributed by atoms with Gasteiger partial charge in [0.25, 0.3) is 5.91 Å². The second kappa shape index (κ2) is 14.1. The lowest BCUT2D eigenvalue weighted by Crippen LogP contribution is -2.53. The molecule has 0 unspecified atom stereocenters. The second-order valence-electron chi connectivity index (χ2n) is 12.3. The van der Waals surface area contributed by atoms with Gasteiger partial charge in [-0.2, -0.15) is 0 Å². The number of rotatable bonds is 15. The Morgan fingerprint density at radius 1 is 1.15 bits per heavy atom. The number of nitrogens with one attached hydrogen (secondary N) is 1. The number of hydrogen-bond acceptors (Lipinski definition) is 7. The number of piperidine rings is 1. The number of carbonyl (C=O) groups excluding carboxylic acids is 3. The molecule has 1 saturated carbocycles. The number of carbonyl (C=O) groups is 3. The van der Waals surface area contributed by atoms with Crippen molar-refractivity contribution in [3.63, 3.8) is 0 Å². The number of nitrogens with zero attached hydrogens (tertiary/aromatic N) is 2. The van der Waals surface area contributed by atoms with Crippen molar-refractivity contribution < 1.29 is 28.6 Å². The van der Waals surface area contributed by atoms with E-state index in [1.54, 1.807) is 18.7 Å². The molecule has 2 amide bonds. The first-order valence-corrected chi connectivity index (χ1v) is 15.5. The Hall–Kier alpha value is -2.49. The van der Waals surface area contributed by atoms with E-state index in [9.17, 15) is 14.4 Å². The van der Waals surface area contributed by atoms with E-state index in [-0.39, 0.29) is 35.5 Å². The molecule has 9 nitrogen and oxygen atoms in total. The first-order chi connectivity index (χ1) is 19.7. The van der Waals surface area contributed by atoms with Crippen LogP contribution < -0.4 is 19.9 Å². The van der Waals surface area contributed by atoms with E-state index < -0.39 is 5.60 Å². The maximum Gasteiger partial charge on any atom is 0.270 e. The number of anilines is 2. The highest BCUT2D eigenvalue weighted by atomic mass is 16.5. The lowest BCUT2D eigenvalue weighted by molar-refractivity contribution is -0.133. The van der Waals surface area contributed by atoms with Gasteiger partial charge < -0.3 is 29.3 Å². The number of amides is 2. The summed E-state index contributed by atoms with van der Waals surface area (Å²) in [6, 6.07) is 5.83. The van der Waals surface area contributed by atoms with Crippen LogP contribution >= 0.6 is 0 Å². The number of fused-ring (bicyclic) bond motifs is 1. The summed E-state index contributed by atoms with van der Waals surface area (Å²) < 4.78 is 17.1. The van der Waals surface area contributed by atoms with E-state index in [1.165, 1.54) is 0 Å². The Morgan fingerprint density at radius 2 is 1.88 bits per heavy atom. The third-order valence-electron chi connectivity index (χ3n) is 8.33. The van der Waals surface area contributed by atoms with Crippen molar-refractivity contribution in [3.8, 4) is 5.75 Å². The lowest BCUT2D eigenvalue weighted by atomic mass is 9.85. The monoisotopic (exact) mass is 571 g/mol. The van der Waals surface area contributed by atoms with Crippen LogP contribution in [0.25, 0.3) is 0 Å². The molecule has 0 aromatic heterocycles. The van der Waals surface area contributed by atoms with Gasteiger partial charge >= 0.3 is 0 Å². The van der Waals surface area contributed by atoms with Crippen molar-refractivity contribution >= 4 is 29.0 Å². The van der Waals surface area contributed by atoms with E-state index in [2.05, 4.69) is 12.2 Å². The smallest absolute Gasteiger partial charge is 0.270 e. The van der Waals surface area contributed by atoms with Crippen molar-refractivity contribution in [2.75, 3.05) is 55.9 Å². The molecule has 1 saturated heterocycles. The normalized spacial score (nSPS) is 22.6. The van der Waals surface area contributed by atoms with Crippen LogP contribution in [0.2, 0.25) is 0 Å². The molecule has 1 aromatic carbocycles. The molecule has 9 heteroatoms. The van der Waals surface area contributed by atoms with Gasteiger partial charge in [0.15, 0.2) is 5.60 Å². The molecule has 3 aliphatic rings. The first kappa shape index (κ1) is 31.4. The second-order valence-corrected chi connectivity index (χ2v) is 12.3. The fourth-order valence-electron chi connectivity index (χ4n) is 5.88. The summed E-state index contributed by atoms with van der Waals surface area (Å²) in [5.41, 5.74) is 0.451. The molecule has 2 aliphatic heterocycles. The number of Topliss-reactive ketones (excluding diaryl/α,β-unsaturated/α-hetero) is 1. The molecule has 0 bridgehead atoms. The van der Waals surface area contributed by atoms with Gasteiger partial charge in [0, 0.05) is 63.5 Å². The Balaban J connectivity index is 1.45. The average Bonchev–Trinajstić information content (AvgIpc) is 3.79. The quantitative estimate of drug-likeness (QED) is 0.313. The van der Waals surface area contributed by atoms with Crippen molar-refractivity contribution in [1.82, 2.24) is 5.32 Å². The number of ketones is 1. The fourth-order valence-corrected chi connectivity index (χ4v) is 5.88. The van der Waals surface area contributed by atoms with E-state index in [4.69, 9.17) is 14.2 Å². The lowest BCUT2D eigenvalue weighted by Gasteiger charge is -2.39. The molecule has 1 aliphatic carbocycles. The molecule has 41 heavy (non-hydrogen) atoms. The van der Waals surface area contributed by atoms with E-state index in [0.29, 0.717) is 69.7 Å². The minimum Gasteiger partial charge on any atom is -0.476 e. The summed E-state index contributed by atoms with van der Waals surface area (Å²) in [6.07, 6.45) is 4.83. The van der Waals surface area contributed by atoms with E-state index >= 15 is 0 Å². The Bertz CT molecular complexity index is 1070. The average molecular weight is 572 g/mol. The maximum atomic E-state index is 14.0. The molecule has 0 radical (unpaired) electrons. The molecule has 1 N–H and O–H groups in total. The predicted molar refractivity (Wildman–Crippen MR) is 159 cm³/mol. The van der Waals surface area contributed by atoms with Crippen LogP contribution in [0.1, 0.15) is 73.1 Å². The maximum absolute atomic E-state index is 14.0. The van der Waals surface area contributed by atoms with E-state index in [0.717, 1.165) is 38.0 Å². The molecular formula is C32H49N3O6. The molecule has 4 rings (SSSR count). The summed E-state index contributed by atoms with van der Waals surface area (Å²) in [7, 11) is 0. The van der Waals surface area contributed by atoms with Crippen LogP contribution in [0.3, 0.4) is 0 Å². The zero-order chi connectivity index (χ0) is 29.6. The summed E-state index contributed by atoms with van der Waals surface area (Å²) in [4.78, 5) is 44.0. The minimum atomic E-state index is -0.983. The first-order valence-electron chi connectivity index (χ1n) is 15.5. The van der Waals surface area contributed by atoms with Crippen LogP contribution in [0.4, 0.5) is 11.4 Å². The van der Waals surface area contributed by atoms with Crippen molar-refractivity contribution in [3.05, 3.63) is 18.2 Å². The third kappa shape index (κ3) is 7.87. The molecule has 228 valence electrons. The molecule has 2 fully saturated rings. The number of ether oxygens (including phenoxy) is 3. The zero-order valence-corrected chi connectivity index (χ0v) is 25.6. The molecular weight excluding hydrogens is 522 g/mol. The summed E-state index contributed by atoms with van der Waals surface area (Å²) >= 11 is 0. The highest BCUT2D eigenvalue weighted by Gasteiger charge is 2.43. The van der Waals surface area contributed by atoms with Gasteiger partial charge in [-0.25, -0.2) is 0 Å². The van der Waals surface area contributed by atoms with Crippen LogP contribution in [-0.2, 0) is 23.9 Å². The van der Waals surface area contributed by atoms with Crippen molar-refractivity contribution in [1.29, 1.82) is 0 Å². The largest absolute Gasteiger partial charge is 0.476 e. The molecule has 1 aromatic rings. The number of benzene rings is 1. The van der Waals surface area contributed by atoms with Gasteiger partial charge in [-0.1, -0.05) is 6.92 Å². The van der Waals surface area contributed by atoms with Crippen molar-refractivity contribution in [2.24, 2.45) is 17.8 Å². The minimum absolute atomic E-state index is 0.0482. The summed E-state index contributed by atoms with van der Waals surface area (Å²) in [5, 5.41) is 3.36. The SMILES string of the molecule is CCOCCN1C(=O)C(C)(C)Oc2ccc(N(C(=O)[C@H]3CNC[C@@H](C(=O)CCC[C@H](C)COCC)C3)C3CC3)cc21. The highest BCUT2D eigenvalue weighted by Crippen LogP contribution is 2.43. The van der Waals surface area contributed by atoms with E-state index in [1.807, 2.05) is 36.9 Å². The van der Waals surface area contributed by atoms with Crippen molar-refractivity contribution in [2.45, 2.75) is 84.8 Å². The van der Waals surface area contributed by atoms with Gasteiger partial charge in [0.2, 0.25) is 5.91 Å². The Morgan fingerprint density at radius 3 is 2.59 bits per heavy atom. The zero-order valence-electron chi connectivity index (χ0n) is 25.6. The topological polar surface area (TPSA) is 97.4 Å². The number of hydrogen-bond donors (Lipinski definition) is 1. The van der Waals surface area contributed by atoms with Crippen LogP contribution in [-0.4, -0.2) is 75.3 Å². The van der Waals surface area contributed by atoms with Crippen LogP contribution in [0.5, 0.6) is 5.75 Å². The molecule has 2 heterocycles. The Kier molecular flexibility index (Phi) is 10.8. The van der Waals surface area contributed by atoms with Gasteiger partial charge in [-0.15, -0.1) is 0 Å². The van der Waals surface area contributed by atoms with Gasteiger partial charge in [0.05, 0.1) is 18.2 Å². The summed E-state index contributed by atoms with van der Waals surface area (Å²) in [6.45, 7) is 13.7. The van der Waals surface area contributed by atoms with Gasteiger partial charge in [0.1, 0.15) is 11.5 Å². The van der Waals surface area contributed by atoms with Gasteiger partial charge in [-0.05, 0) is 83.9 Å². The van der Waals surface area contributed by atoms with Gasteiger partial charge in [-0.3, -0.25) is 14.4 Å². The van der Waals surface area contributed by atoms with Crippen LogP contribution in [0.15, 0.2) is 18.2 Å².